The van der Waals surface area contributed by atoms with E-state index >= 15 is 0 Å². The van der Waals surface area contributed by atoms with Crippen LogP contribution in [-0.4, -0.2) is 38.1 Å². The summed E-state index contributed by atoms with van der Waals surface area (Å²) < 4.78 is 5.54. The van der Waals surface area contributed by atoms with Crippen LogP contribution in [0.4, 0.5) is 11.4 Å². The highest BCUT2D eigenvalue weighted by Gasteiger charge is 2.22. The molecule has 1 heterocycles. The summed E-state index contributed by atoms with van der Waals surface area (Å²) in [4.78, 5) is 28.0. The Balaban J connectivity index is 1.44. The molecule has 0 atom stereocenters. The second kappa shape index (κ2) is 12.1. The fourth-order valence-corrected chi connectivity index (χ4v) is 4.24. The van der Waals surface area contributed by atoms with Gasteiger partial charge in [-0.3, -0.25) is 9.59 Å². The van der Waals surface area contributed by atoms with Gasteiger partial charge in [-0.25, -0.2) is 0 Å². The summed E-state index contributed by atoms with van der Waals surface area (Å²) >= 11 is 0. The second-order valence-electron chi connectivity index (χ2n) is 9.04. The molecule has 0 saturated carbocycles. The zero-order chi connectivity index (χ0) is 24.5. The third kappa shape index (κ3) is 7.09. The van der Waals surface area contributed by atoms with E-state index in [0.717, 1.165) is 38.0 Å². The van der Waals surface area contributed by atoms with Crippen LogP contribution < -0.4 is 20.3 Å². The number of para-hydroxylation sites is 1. The Hall–Kier alpha value is -3.80. The maximum absolute atomic E-state index is 13.2. The quantitative estimate of drug-likeness (QED) is 0.465. The molecule has 0 unspecified atom stereocenters. The minimum absolute atomic E-state index is 0.103. The maximum Gasteiger partial charge on any atom is 0.262 e. The molecule has 6 heteroatoms. The number of carbonyl (C=O) groups is 2. The van der Waals surface area contributed by atoms with Crippen molar-refractivity contribution in [1.29, 1.82) is 0 Å². The number of piperidine rings is 1. The van der Waals surface area contributed by atoms with E-state index in [1.165, 1.54) is 5.56 Å². The summed E-state index contributed by atoms with van der Waals surface area (Å²) in [6, 6.07) is 24.9. The summed E-state index contributed by atoms with van der Waals surface area (Å²) in [7, 11) is 0. The van der Waals surface area contributed by atoms with Crippen LogP contribution in [0, 0.1) is 5.92 Å². The smallest absolute Gasteiger partial charge is 0.262 e. The normalized spacial score (nSPS) is 13.8. The maximum atomic E-state index is 13.2. The molecular weight excluding hydrogens is 438 g/mol. The number of anilines is 2. The topological polar surface area (TPSA) is 70.7 Å². The molecule has 1 aliphatic heterocycles. The Labute approximate surface area is 207 Å². The lowest BCUT2D eigenvalue weighted by atomic mass is 9.97. The molecule has 4 rings (SSSR count). The van der Waals surface area contributed by atoms with Gasteiger partial charge in [-0.1, -0.05) is 55.5 Å². The molecule has 35 heavy (non-hydrogen) atoms. The Morgan fingerprint density at radius 3 is 2.34 bits per heavy atom. The van der Waals surface area contributed by atoms with Gasteiger partial charge in [0.15, 0.2) is 6.61 Å². The molecule has 182 valence electrons. The lowest BCUT2D eigenvalue weighted by molar-refractivity contribution is -0.118. The third-order valence-corrected chi connectivity index (χ3v) is 6.30. The highest BCUT2D eigenvalue weighted by atomic mass is 16.5. The molecular formula is C29H33N3O3. The van der Waals surface area contributed by atoms with Crippen LogP contribution in [0.15, 0.2) is 78.9 Å². The zero-order valence-electron chi connectivity index (χ0n) is 20.2. The van der Waals surface area contributed by atoms with Crippen molar-refractivity contribution >= 4 is 23.2 Å². The minimum atomic E-state index is -0.274. The van der Waals surface area contributed by atoms with Gasteiger partial charge in [-0.2, -0.15) is 0 Å². The molecule has 0 radical (unpaired) electrons. The minimum Gasteiger partial charge on any atom is -0.484 e. The summed E-state index contributed by atoms with van der Waals surface area (Å²) in [5.41, 5.74) is 3.24. The van der Waals surface area contributed by atoms with Crippen molar-refractivity contribution in [3.63, 3.8) is 0 Å². The summed E-state index contributed by atoms with van der Waals surface area (Å²) in [5, 5.41) is 5.92. The molecule has 0 spiro atoms. The van der Waals surface area contributed by atoms with Crippen molar-refractivity contribution in [2.75, 3.05) is 36.5 Å². The predicted octanol–water partition coefficient (Wildman–Crippen LogP) is 4.91. The average molecular weight is 472 g/mol. The summed E-state index contributed by atoms with van der Waals surface area (Å²) in [5.74, 6) is 0.920. The van der Waals surface area contributed by atoms with E-state index in [9.17, 15) is 9.59 Å². The number of ether oxygens (including phenoxy) is 1. The predicted molar refractivity (Wildman–Crippen MR) is 140 cm³/mol. The van der Waals surface area contributed by atoms with Crippen LogP contribution >= 0.6 is 0 Å². The fraction of sp³-hybridized carbons (Fsp3) is 0.310. The van der Waals surface area contributed by atoms with Gasteiger partial charge in [0.1, 0.15) is 5.75 Å². The number of nitrogens with zero attached hydrogens (tertiary/aromatic N) is 1. The molecule has 0 bridgehead atoms. The summed E-state index contributed by atoms with van der Waals surface area (Å²) in [6.45, 7) is 4.55. The van der Waals surface area contributed by atoms with Crippen molar-refractivity contribution in [3.8, 4) is 5.75 Å². The van der Waals surface area contributed by atoms with Crippen molar-refractivity contribution < 1.29 is 14.3 Å². The standard InChI is InChI=1S/C29H33N3O3/c1-22-15-18-32(19-16-22)27-13-12-24(31-28(33)21-35-25-10-6-3-7-11-25)20-26(27)29(34)30-17-14-23-8-4-2-5-9-23/h2-13,20,22H,14-19,21H2,1H3,(H,30,34)(H,31,33). The SMILES string of the molecule is CC1CCN(c2ccc(NC(=O)COc3ccccc3)cc2C(=O)NCCc2ccccc2)CC1. The first-order valence-corrected chi connectivity index (χ1v) is 12.3. The molecule has 1 saturated heterocycles. The first-order valence-electron chi connectivity index (χ1n) is 12.3. The van der Waals surface area contributed by atoms with E-state index in [4.69, 9.17) is 4.74 Å². The van der Waals surface area contributed by atoms with Gasteiger partial charge in [-0.15, -0.1) is 0 Å². The number of nitrogens with one attached hydrogen (secondary N) is 2. The first kappa shape index (κ1) is 24.3. The molecule has 2 amide bonds. The van der Waals surface area contributed by atoms with E-state index in [2.05, 4.69) is 34.6 Å². The Morgan fingerprint density at radius 1 is 0.943 bits per heavy atom. The number of amides is 2. The summed E-state index contributed by atoms with van der Waals surface area (Å²) in [6.07, 6.45) is 2.96. The van der Waals surface area contributed by atoms with Crippen LogP contribution in [0.2, 0.25) is 0 Å². The van der Waals surface area contributed by atoms with E-state index in [0.29, 0.717) is 29.5 Å². The van der Waals surface area contributed by atoms with Crippen molar-refractivity contribution in [2.24, 2.45) is 5.92 Å². The highest BCUT2D eigenvalue weighted by Crippen LogP contribution is 2.29. The van der Waals surface area contributed by atoms with Crippen molar-refractivity contribution in [1.82, 2.24) is 5.32 Å². The van der Waals surface area contributed by atoms with Gasteiger partial charge in [-0.05, 0) is 61.1 Å². The lowest BCUT2D eigenvalue weighted by Crippen LogP contribution is -2.35. The largest absolute Gasteiger partial charge is 0.484 e. The van der Waals surface area contributed by atoms with Crippen LogP contribution in [-0.2, 0) is 11.2 Å². The van der Waals surface area contributed by atoms with Gasteiger partial charge in [0.05, 0.1) is 5.56 Å². The molecule has 3 aromatic rings. The number of carbonyl (C=O) groups excluding carboxylic acids is 2. The van der Waals surface area contributed by atoms with Gasteiger partial charge >= 0.3 is 0 Å². The lowest BCUT2D eigenvalue weighted by Gasteiger charge is -2.33. The van der Waals surface area contributed by atoms with Crippen LogP contribution in [0.3, 0.4) is 0 Å². The Kier molecular flexibility index (Phi) is 8.39. The Morgan fingerprint density at radius 2 is 1.63 bits per heavy atom. The van der Waals surface area contributed by atoms with E-state index < -0.39 is 0 Å². The van der Waals surface area contributed by atoms with Gasteiger partial charge in [0.2, 0.25) is 0 Å². The van der Waals surface area contributed by atoms with Gasteiger partial charge in [0, 0.05) is 31.0 Å². The van der Waals surface area contributed by atoms with Crippen LogP contribution in [0.25, 0.3) is 0 Å². The third-order valence-electron chi connectivity index (χ3n) is 6.30. The number of rotatable bonds is 9. The molecule has 0 aliphatic carbocycles. The van der Waals surface area contributed by atoms with Crippen molar-refractivity contribution in [3.05, 3.63) is 90.0 Å². The second-order valence-corrected chi connectivity index (χ2v) is 9.04. The van der Waals surface area contributed by atoms with Gasteiger partial charge < -0.3 is 20.3 Å². The molecule has 2 N–H and O–H groups in total. The Bertz CT molecular complexity index is 1110. The monoisotopic (exact) mass is 471 g/mol. The molecule has 1 aliphatic rings. The van der Waals surface area contributed by atoms with E-state index in [-0.39, 0.29) is 18.4 Å². The van der Waals surface area contributed by atoms with Crippen molar-refractivity contribution in [2.45, 2.75) is 26.2 Å². The van der Waals surface area contributed by atoms with Crippen LogP contribution in [0.5, 0.6) is 5.75 Å². The zero-order valence-corrected chi connectivity index (χ0v) is 20.2. The number of benzene rings is 3. The molecule has 1 fully saturated rings. The van der Waals surface area contributed by atoms with E-state index in [1.807, 2.05) is 48.5 Å². The van der Waals surface area contributed by atoms with Crippen LogP contribution in [0.1, 0.15) is 35.7 Å². The fourth-order valence-electron chi connectivity index (χ4n) is 4.24. The highest BCUT2D eigenvalue weighted by molar-refractivity contribution is 6.02. The van der Waals surface area contributed by atoms with E-state index in [1.54, 1.807) is 18.2 Å². The molecule has 6 nitrogen and oxygen atoms in total. The molecule has 3 aromatic carbocycles. The van der Waals surface area contributed by atoms with Gasteiger partial charge in [0.25, 0.3) is 11.8 Å². The number of hydrogen-bond acceptors (Lipinski definition) is 4. The number of hydrogen-bond donors (Lipinski definition) is 2. The average Bonchev–Trinajstić information content (AvgIpc) is 2.89. The molecule has 0 aromatic heterocycles. The first-order chi connectivity index (χ1) is 17.1.